The molecule has 0 heterocycles. The fourth-order valence-electron chi connectivity index (χ4n) is 1.61. The van der Waals surface area contributed by atoms with Crippen molar-refractivity contribution in [2.75, 3.05) is 11.6 Å². The Kier molecular flexibility index (Phi) is 3.67. The number of para-hydroxylation sites is 1. The zero-order valence-corrected chi connectivity index (χ0v) is 10.9. The molecule has 0 radical (unpaired) electrons. The van der Waals surface area contributed by atoms with Crippen molar-refractivity contribution in [2.45, 2.75) is 11.4 Å². The number of hydrogen-bond acceptors (Lipinski definition) is 3. The summed E-state index contributed by atoms with van der Waals surface area (Å²) in [5.41, 5.74) is 2.09. The molecule has 0 bridgehead atoms. The SMILES string of the molecule is CS(=O)(=O)c1ccc(CNc2ccccc2)cc1. The Morgan fingerprint density at radius 1 is 0.944 bits per heavy atom. The molecule has 0 atom stereocenters. The van der Waals surface area contributed by atoms with Crippen molar-refractivity contribution in [3.8, 4) is 0 Å². The van der Waals surface area contributed by atoms with Gasteiger partial charge in [0.2, 0.25) is 0 Å². The van der Waals surface area contributed by atoms with E-state index in [4.69, 9.17) is 0 Å². The summed E-state index contributed by atoms with van der Waals surface area (Å²) in [4.78, 5) is 0.353. The summed E-state index contributed by atoms with van der Waals surface area (Å²) in [6.07, 6.45) is 1.21. The first-order valence-electron chi connectivity index (χ1n) is 5.63. The first-order valence-corrected chi connectivity index (χ1v) is 7.53. The molecule has 1 N–H and O–H groups in total. The van der Waals surface area contributed by atoms with Crippen molar-refractivity contribution < 1.29 is 8.42 Å². The second-order valence-corrected chi connectivity index (χ2v) is 6.15. The maximum atomic E-state index is 11.3. The molecule has 4 heteroatoms. The lowest BCUT2D eigenvalue weighted by Gasteiger charge is -2.06. The van der Waals surface area contributed by atoms with Gasteiger partial charge in [-0.05, 0) is 29.8 Å². The molecular formula is C14H15NO2S. The van der Waals surface area contributed by atoms with E-state index in [9.17, 15) is 8.42 Å². The van der Waals surface area contributed by atoms with Gasteiger partial charge >= 0.3 is 0 Å². The fraction of sp³-hybridized carbons (Fsp3) is 0.143. The van der Waals surface area contributed by atoms with E-state index in [-0.39, 0.29) is 0 Å². The molecule has 2 rings (SSSR count). The molecule has 0 amide bonds. The minimum atomic E-state index is -3.11. The van der Waals surface area contributed by atoms with Gasteiger partial charge in [0.25, 0.3) is 0 Å². The van der Waals surface area contributed by atoms with E-state index in [2.05, 4.69) is 5.32 Å². The third kappa shape index (κ3) is 3.34. The molecular weight excluding hydrogens is 246 g/mol. The average Bonchev–Trinajstić information content (AvgIpc) is 2.37. The maximum absolute atomic E-state index is 11.3. The quantitative estimate of drug-likeness (QED) is 0.920. The summed E-state index contributed by atoms with van der Waals surface area (Å²) in [5.74, 6) is 0. The van der Waals surface area contributed by atoms with Crippen LogP contribution in [0, 0.1) is 0 Å². The van der Waals surface area contributed by atoms with Crippen LogP contribution in [0.15, 0.2) is 59.5 Å². The molecule has 18 heavy (non-hydrogen) atoms. The number of rotatable bonds is 4. The summed E-state index contributed by atoms with van der Waals surface area (Å²) in [6.45, 7) is 0.675. The van der Waals surface area contributed by atoms with Crippen LogP contribution in [0.2, 0.25) is 0 Å². The van der Waals surface area contributed by atoms with E-state index < -0.39 is 9.84 Å². The van der Waals surface area contributed by atoms with Crippen LogP contribution in [0.5, 0.6) is 0 Å². The van der Waals surface area contributed by atoms with E-state index in [1.54, 1.807) is 12.1 Å². The Labute approximate surface area is 107 Å². The van der Waals surface area contributed by atoms with Crippen molar-refractivity contribution in [3.63, 3.8) is 0 Å². The van der Waals surface area contributed by atoms with Crippen molar-refractivity contribution in [3.05, 3.63) is 60.2 Å². The lowest BCUT2D eigenvalue weighted by molar-refractivity contribution is 0.602. The minimum Gasteiger partial charge on any atom is -0.381 e. The van der Waals surface area contributed by atoms with E-state index in [1.165, 1.54) is 6.26 Å². The Morgan fingerprint density at radius 3 is 2.11 bits per heavy atom. The van der Waals surface area contributed by atoms with E-state index >= 15 is 0 Å². The molecule has 3 nitrogen and oxygen atoms in total. The van der Waals surface area contributed by atoms with Crippen LogP contribution in [0.1, 0.15) is 5.56 Å². The van der Waals surface area contributed by atoms with Crippen LogP contribution in [-0.2, 0) is 16.4 Å². The van der Waals surface area contributed by atoms with Gasteiger partial charge in [0.05, 0.1) is 4.90 Å². The van der Waals surface area contributed by atoms with Crippen LogP contribution in [0.4, 0.5) is 5.69 Å². The van der Waals surface area contributed by atoms with Gasteiger partial charge < -0.3 is 5.32 Å². The first-order chi connectivity index (χ1) is 8.55. The zero-order valence-electron chi connectivity index (χ0n) is 10.1. The highest BCUT2D eigenvalue weighted by molar-refractivity contribution is 7.90. The van der Waals surface area contributed by atoms with Gasteiger partial charge in [0.15, 0.2) is 9.84 Å². The molecule has 2 aromatic carbocycles. The number of sulfone groups is 1. The molecule has 0 aliphatic carbocycles. The third-order valence-electron chi connectivity index (χ3n) is 2.62. The molecule has 0 aliphatic rings. The Bertz CT molecular complexity index is 604. The second-order valence-electron chi connectivity index (χ2n) is 4.14. The van der Waals surface area contributed by atoms with Gasteiger partial charge in [0.1, 0.15) is 0 Å². The Morgan fingerprint density at radius 2 is 1.56 bits per heavy atom. The normalized spacial score (nSPS) is 11.2. The highest BCUT2D eigenvalue weighted by atomic mass is 32.2. The molecule has 0 aliphatic heterocycles. The highest BCUT2D eigenvalue weighted by Crippen LogP contribution is 2.12. The van der Waals surface area contributed by atoms with Gasteiger partial charge in [-0.3, -0.25) is 0 Å². The number of benzene rings is 2. The number of nitrogens with one attached hydrogen (secondary N) is 1. The van der Waals surface area contributed by atoms with Crippen molar-refractivity contribution in [1.29, 1.82) is 0 Å². The molecule has 0 aromatic heterocycles. The molecule has 0 saturated heterocycles. The van der Waals surface area contributed by atoms with Gasteiger partial charge in [0, 0.05) is 18.5 Å². The predicted molar refractivity (Wildman–Crippen MR) is 73.3 cm³/mol. The maximum Gasteiger partial charge on any atom is 0.175 e. The Hall–Kier alpha value is -1.81. The van der Waals surface area contributed by atoms with E-state index in [0.29, 0.717) is 11.4 Å². The number of hydrogen-bond donors (Lipinski definition) is 1. The first kappa shape index (κ1) is 12.6. The summed E-state index contributed by atoms with van der Waals surface area (Å²) in [5, 5.41) is 3.27. The summed E-state index contributed by atoms with van der Waals surface area (Å²) < 4.78 is 22.6. The molecule has 0 spiro atoms. The third-order valence-corrected chi connectivity index (χ3v) is 3.75. The van der Waals surface area contributed by atoms with Crippen LogP contribution in [0.3, 0.4) is 0 Å². The summed E-state index contributed by atoms with van der Waals surface area (Å²) in [6, 6.07) is 16.8. The molecule has 0 unspecified atom stereocenters. The van der Waals surface area contributed by atoms with Crippen LogP contribution in [0.25, 0.3) is 0 Å². The molecule has 0 saturated carbocycles. The van der Waals surface area contributed by atoms with Crippen molar-refractivity contribution >= 4 is 15.5 Å². The second kappa shape index (κ2) is 5.23. The zero-order chi connectivity index (χ0) is 13.0. The van der Waals surface area contributed by atoms with E-state index in [1.807, 2.05) is 42.5 Å². The molecule has 2 aromatic rings. The van der Waals surface area contributed by atoms with Crippen molar-refractivity contribution in [1.82, 2.24) is 0 Å². The standard InChI is InChI=1S/C14H15NO2S/c1-18(16,17)14-9-7-12(8-10-14)11-15-13-5-3-2-4-6-13/h2-10,15H,11H2,1H3. The van der Waals surface area contributed by atoms with Crippen LogP contribution in [-0.4, -0.2) is 14.7 Å². The topological polar surface area (TPSA) is 46.2 Å². The minimum absolute atomic E-state index is 0.353. The largest absolute Gasteiger partial charge is 0.381 e. The van der Waals surface area contributed by atoms with Gasteiger partial charge in [-0.1, -0.05) is 30.3 Å². The van der Waals surface area contributed by atoms with Crippen molar-refractivity contribution in [2.24, 2.45) is 0 Å². The Balaban J connectivity index is 2.03. The van der Waals surface area contributed by atoms with Crippen LogP contribution < -0.4 is 5.32 Å². The van der Waals surface area contributed by atoms with Gasteiger partial charge in [-0.2, -0.15) is 0 Å². The van der Waals surface area contributed by atoms with Gasteiger partial charge in [-0.15, -0.1) is 0 Å². The van der Waals surface area contributed by atoms with E-state index in [0.717, 1.165) is 11.3 Å². The molecule has 0 fully saturated rings. The monoisotopic (exact) mass is 261 g/mol. The summed E-state index contributed by atoms with van der Waals surface area (Å²) in [7, 11) is -3.11. The summed E-state index contributed by atoms with van der Waals surface area (Å²) >= 11 is 0. The van der Waals surface area contributed by atoms with Crippen LogP contribution >= 0.6 is 0 Å². The highest BCUT2D eigenvalue weighted by Gasteiger charge is 2.05. The lowest BCUT2D eigenvalue weighted by atomic mass is 10.2. The average molecular weight is 261 g/mol. The fourth-order valence-corrected chi connectivity index (χ4v) is 2.25. The predicted octanol–water partition coefficient (Wildman–Crippen LogP) is 2.70. The molecule has 94 valence electrons. The lowest BCUT2D eigenvalue weighted by Crippen LogP contribution is -2.01. The smallest absolute Gasteiger partial charge is 0.175 e. The van der Waals surface area contributed by atoms with Gasteiger partial charge in [-0.25, -0.2) is 8.42 Å². The number of anilines is 1.